The molecule has 0 unspecified atom stereocenters. The number of nitrogens with zero attached hydrogens (tertiary/aromatic N) is 2. The molecule has 3 rings (SSSR count). The Balaban J connectivity index is 1.45. The number of urea groups is 1. The number of hydrogen-bond donors (Lipinski definition) is 4. The van der Waals surface area contributed by atoms with Gasteiger partial charge in [0.05, 0.1) is 11.4 Å². The molecule has 1 aliphatic rings. The molecule has 1 aromatic heterocycles. The lowest BCUT2D eigenvalue weighted by Crippen LogP contribution is -2.46. The van der Waals surface area contributed by atoms with E-state index in [-0.39, 0.29) is 41.8 Å². The average Bonchev–Trinajstić information content (AvgIpc) is 2.86. The molecule has 0 radical (unpaired) electrons. The molecule has 2 heterocycles. The Labute approximate surface area is 225 Å². The first kappa shape index (κ1) is 28.5. The summed E-state index contributed by atoms with van der Waals surface area (Å²) in [6.45, 7) is 4.07. The van der Waals surface area contributed by atoms with Crippen LogP contribution in [0.15, 0.2) is 36.5 Å². The van der Waals surface area contributed by atoms with Crippen molar-refractivity contribution in [1.82, 2.24) is 20.5 Å². The molecule has 1 fully saturated rings. The number of hydrogen-bond acceptors (Lipinski definition) is 6. The van der Waals surface area contributed by atoms with Crippen molar-refractivity contribution in [3.63, 3.8) is 0 Å². The van der Waals surface area contributed by atoms with Crippen molar-refractivity contribution in [2.75, 3.05) is 25.0 Å². The highest BCUT2D eigenvalue weighted by Gasteiger charge is 2.22. The topological polar surface area (TPSA) is 133 Å². The van der Waals surface area contributed by atoms with Gasteiger partial charge in [0.15, 0.2) is 6.10 Å². The molecule has 12 heteroatoms. The normalized spacial score (nSPS) is 15.0. The van der Waals surface area contributed by atoms with Gasteiger partial charge in [-0.2, -0.15) is 0 Å². The van der Waals surface area contributed by atoms with Crippen LogP contribution in [0.3, 0.4) is 0 Å². The number of amides is 3. The van der Waals surface area contributed by atoms with Gasteiger partial charge in [-0.15, -0.1) is 0 Å². The van der Waals surface area contributed by atoms with Gasteiger partial charge in [-0.25, -0.2) is 9.78 Å². The summed E-state index contributed by atoms with van der Waals surface area (Å²) < 4.78 is 5.67. The maximum atomic E-state index is 12.7. The van der Waals surface area contributed by atoms with E-state index in [1.165, 1.54) is 12.3 Å². The molecule has 37 heavy (non-hydrogen) atoms. The first-order chi connectivity index (χ1) is 17.7. The van der Waals surface area contributed by atoms with Gasteiger partial charge in [0.25, 0.3) is 5.91 Å². The van der Waals surface area contributed by atoms with Crippen molar-refractivity contribution in [3.8, 4) is 5.88 Å². The lowest BCUT2D eigenvalue weighted by molar-refractivity contribution is -0.137. The quantitative estimate of drug-likeness (QED) is 0.332. The number of halogens is 2. The van der Waals surface area contributed by atoms with E-state index in [2.05, 4.69) is 25.8 Å². The number of likely N-dealkylation sites (tertiary alicyclic amines) is 1. The fourth-order valence-corrected chi connectivity index (χ4v) is 4.34. The monoisotopic (exact) mass is 551 g/mol. The Morgan fingerprint density at radius 1 is 1.22 bits per heavy atom. The van der Waals surface area contributed by atoms with Gasteiger partial charge in [0.1, 0.15) is 5.02 Å². The minimum Gasteiger partial charge on any atom is -0.481 e. The molecule has 1 aromatic carbocycles. The number of aliphatic carboxylic acids is 1. The Bertz CT molecular complexity index is 1090. The maximum absolute atomic E-state index is 12.7. The Hall–Kier alpha value is -3.08. The number of pyridine rings is 1. The third kappa shape index (κ3) is 9.38. The van der Waals surface area contributed by atoms with Crippen LogP contribution in [0.2, 0.25) is 10.0 Å². The Kier molecular flexibility index (Phi) is 10.8. The molecule has 4 N–H and O–H groups in total. The van der Waals surface area contributed by atoms with Crippen molar-refractivity contribution in [1.29, 1.82) is 0 Å². The number of aromatic nitrogens is 1. The van der Waals surface area contributed by atoms with Gasteiger partial charge in [-0.05, 0) is 43.0 Å². The number of rotatable bonds is 11. The van der Waals surface area contributed by atoms with E-state index < -0.39 is 12.1 Å². The summed E-state index contributed by atoms with van der Waals surface area (Å²) in [7, 11) is 0. The zero-order valence-electron chi connectivity index (χ0n) is 20.5. The SMILES string of the molecule is CC[C@@H](Oc1ncc(Cl)cc1Cl)C(=O)NCc1cccc(NC(=O)NC2CCN(CCC(=O)O)CC2)c1. The fraction of sp³-hybridized carbons (Fsp3) is 0.440. The molecular formula is C25H31Cl2N5O5. The lowest BCUT2D eigenvalue weighted by atomic mass is 10.1. The molecule has 0 spiro atoms. The summed E-state index contributed by atoms with van der Waals surface area (Å²) >= 11 is 11.9. The highest BCUT2D eigenvalue weighted by atomic mass is 35.5. The Morgan fingerprint density at radius 2 is 1.97 bits per heavy atom. The fourth-order valence-electron chi connectivity index (χ4n) is 3.92. The molecule has 200 valence electrons. The molecule has 0 aliphatic carbocycles. The first-order valence-corrected chi connectivity index (χ1v) is 12.8. The average molecular weight is 552 g/mol. The zero-order chi connectivity index (χ0) is 26.8. The summed E-state index contributed by atoms with van der Waals surface area (Å²) in [5, 5.41) is 18.0. The predicted molar refractivity (Wildman–Crippen MR) is 141 cm³/mol. The van der Waals surface area contributed by atoms with Crippen molar-refractivity contribution in [3.05, 3.63) is 52.1 Å². The van der Waals surface area contributed by atoms with Gasteiger partial charge in [-0.3, -0.25) is 9.59 Å². The van der Waals surface area contributed by atoms with E-state index in [0.717, 1.165) is 31.5 Å². The summed E-state index contributed by atoms with van der Waals surface area (Å²) in [6.07, 6.45) is 2.66. The van der Waals surface area contributed by atoms with Gasteiger partial charge < -0.3 is 30.7 Å². The summed E-state index contributed by atoms with van der Waals surface area (Å²) in [5.41, 5.74) is 1.40. The van der Waals surface area contributed by atoms with Crippen molar-refractivity contribution >= 4 is 46.8 Å². The van der Waals surface area contributed by atoms with Crippen molar-refractivity contribution in [2.24, 2.45) is 0 Å². The number of benzene rings is 1. The number of nitrogens with one attached hydrogen (secondary N) is 3. The minimum atomic E-state index is -0.805. The third-order valence-corrected chi connectivity index (χ3v) is 6.38. The molecule has 3 amide bonds. The summed E-state index contributed by atoms with van der Waals surface area (Å²) in [4.78, 5) is 42.0. The highest BCUT2D eigenvalue weighted by molar-refractivity contribution is 6.35. The van der Waals surface area contributed by atoms with E-state index >= 15 is 0 Å². The van der Waals surface area contributed by atoms with E-state index in [1.807, 2.05) is 13.0 Å². The lowest BCUT2D eigenvalue weighted by Gasteiger charge is -2.31. The van der Waals surface area contributed by atoms with Crippen LogP contribution in [0, 0.1) is 0 Å². The van der Waals surface area contributed by atoms with Gasteiger partial charge in [0, 0.05) is 44.1 Å². The smallest absolute Gasteiger partial charge is 0.319 e. The number of piperidine rings is 1. The minimum absolute atomic E-state index is 0.0261. The second-order valence-corrected chi connectivity index (χ2v) is 9.58. The molecular weight excluding hydrogens is 521 g/mol. The van der Waals surface area contributed by atoms with E-state index in [1.54, 1.807) is 18.2 Å². The summed E-state index contributed by atoms with van der Waals surface area (Å²) in [5.74, 6) is -0.989. The molecule has 1 atom stereocenters. The van der Waals surface area contributed by atoms with Gasteiger partial charge in [-0.1, -0.05) is 42.3 Å². The highest BCUT2D eigenvalue weighted by Crippen LogP contribution is 2.26. The number of anilines is 1. The van der Waals surface area contributed by atoms with E-state index in [9.17, 15) is 14.4 Å². The summed E-state index contributed by atoms with van der Waals surface area (Å²) in [6, 6.07) is 8.41. The maximum Gasteiger partial charge on any atom is 0.319 e. The molecule has 1 saturated heterocycles. The van der Waals surface area contributed by atoms with E-state index in [0.29, 0.717) is 23.7 Å². The van der Waals surface area contributed by atoms with Crippen LogP contribution in [0.25, 0.3) is 0 Å². The van der Waals surface area contributed by atoms with E-state index in [4.69, 9.17) is 33.0 Å². The zero-order valence-corrected chi connectivity index (χ0v) is 22.0. The molecule has 1 aliphatic heterocycles. The Morgan fingerprint density at radius 3 is 2.65 bits per heavy atom. The molecule has 0 bridgehead atoms. The van der Waals surface area contributed by atoms with Crippen LogP contribution in [0.1, 0.15) is 38.2 Å². The van der Waals surface area contributed by atoms with Crippen LogP contribution in [0.5, 0.6) is 5.88 Å². The van der Waals surface area contributed by atoms with Crippen LogP contribution in [0.4, 0.5) is 10.5 Å². The largest absolute Gasteiger partial charge is 0.481 e. The van der Waals surface area contributed by atoms with Gasteiger partial charge >= 0.3 is 12.0 Å². The number of carboxylic acids is 1. The van der Waals surface area contributed by atoms with Crippen LogP contribution < -0.4 is 20.7 Å². The second-order valence-electron chi connectivity index (χ2n) is 8.73. The number of carbonyl (C=O) groups excluding carboxylic acids is 2. The third-order valence-electron chi connectivity index (χ3n) is 5.91. The second kappa shape index (κ2) is 14.0. The van der Waals surface area contributed by atoms with Crippen LogP contribution in [-0.4, -0.2) is 64.7 Å². The van der Waals surface area contributed by atoms with Gasteiger partial charge in [0.2, 0.25) is 5.88 Å². The number of carbonyl (C=O) groups is 3. The molecule has 0 saturated carbocycles. The van der Waals surface area contributed by atoms with Crippen LogP contribution in [-0.2, 0) is 16.1 Å². The number of ether oxygens (including phenoxy) is 1. The number of carboxylic acid groups (broad SMARTS) is 1. The molecule has 2 aromatic rings. The first-order valence-electron chi connectivity index (χ1n) is 12.1. The van der Waals surface area contributed by atoms with Crippen molar-refractivity contribution in [2.45, 2.75) is 51.3 Å². The molecule has 10 nitrogen and oxygen atoms in total. The van der Waals surface area contributed by atoms with Crippen LogP contribution >= 0.6 is 23.2 Å². The predicted octanol–water partition coefficient (Wildman–Crippen LogP) is 3.92. The standard InChI is InChI=1S/C25H31Cl2N5O5/c1-2-21(37-24-20(27)13-17(26)15-29-24)23(35)28-14-16-4-3-5-19(12-16)31-25(36)30-18-6-9-32(10-7-18)11-8-22(33)34/h3-5,12-13,15,18,21H,2,6-11,14H2,1H3,(H,28,35)(H,33,34)(H2,30,31,36)/t21-/m1/s1. The van der Waals surface area contributed by atoms with Crippen molar-refractivity contribution < 1.29 is 24.2 Å².